The Morgan fingerprint density at radius 2 is 1.29 bits per heavy atom. The zero-order valence-electron chi connectivity index (χ0n) is 19.7. The van der Waals surface area contributed by atoms with Gasteiger partial charge in [-0.05, 0) is 31.4 Å². The number of carbonyl (C=O) groups is 4. The van der Waals surface area contributed by atoms with Gasteiger partial charge in [0.15, 0.2) is 0 Å². The standard InChI is InChI=1S/C25H32N4O6/c1-15(27-23(32)19(26)13-17-9-5-3-6-10-17)22(31)29-21(16(2)30)24(33)28-20(25(34)35)14-18-11-7-4-8-12-18/h3-12,15-16,19-21,30H,13-14,26H2,1-2H3,(H,27,32)(H,28,33)(H,29,31)(H,34,35). The second kappa shape index (κ2) is 13.2. The number of aliphatic hydroxyl groups excluding tert-OH is 1. The minimum Gasteiger partial charge on any atom is -0.480 e. The van der Waals surface area contributed by atoms with Gasteiger partial charge in [0.05, 0.1) is 12.1 Å². The van der Waals surface area contributed by atoms with Crippen LogP contribution in [0.3, 0.4) is 0 Å². The molecule has 35 heavy (non-hydrogen) atoms. The van der Waals surface area contributed by atoms with E-state index in [0.29, 0.717) is 5.56 Å². The number of nitrogens with one attached hydrogen (secondary N) is 3. The van der Waals surface area contributed by atoms with Crippen molar-refractivity contribution in [2.24, 2.45) is 5.73 Å². The lowest BCUT2D eigenvalue weighted by Crippen LogP contribution is -2.59. The Bertz CT molecular complexity index is 1000. The van der Waals surface area contributed by atoms with E-state index in [-0.39, 0.29) is 12.8 Å². The molecule has 0 saturated heterocycles. The fourth-order valence-corrected chi connectivity index (χ4v) is 3.34. The van der Waals surface area contributed by atoms with E-state index >= 15 is 0 Å². The molecule has 10 nitrogen and oxygen atoms in total. The number of aliphatic hydroxyl groups is 1. The van der Waals surface area contributed by atoms with Crippen LogP contribution in [0, 0.1) is 0 Å². The molecule has 0 aliphatic carbocycles. The van der Waals surface area contributed by atoms with E-state index in [1.807, 2.05) is 30.3 Å². The summed E-state index contributed by atoms with van der Waals surface area (Å²) in [5.41, 5.74) is 7.50. The summed E-state index contributed by atoms with van der Waals surface area (Å²) in [4.78, 5) is 49.4. The Labute approximate surface area is 203 Å². The van der Waals surface area contributed by atoms with Crippen LogP contribution in [-0.2, 0) is 32.0 Å². The van der Waals surface area contributed by atoms with E-state index in [4.69, 9.17) is 5.73 Å². The lowest BCUT2D eigenvalue weighted by Gasteiger charge is -2.25. The Morgan fingerprint density at radius 3 is 1.77 bits per heavy atom. The lowest BCUT2D eigenvalue weighted by molar-refractivity contribution is -0.143. The predicted molar refractivity (Wildman–Crippen MR) is 129 cm³/mol. The van der Waals surface area contributed by atoms with Crippen LogP contribution in [0.2, 0.25) is 0 Å². The number of nitrogens with two attached hydrogens (primary N) is 1. The van der Waals surface area contributed by atoms with Gasteiger partial charge in [0.1, 0.15) is 18.1 Å². The van der Waals surface area contributed by atoms with E-state index < -0.39 is 54.0 Å². The van der Waals surface area contributed by atoms with Gasteiger partial charge < -0.3 is 31.9 Å². The molecular formula is C25H32N4O6. The lowest BCUT2D eigenvalue weighted by atomic mass is 10.0. The zero-order chi connectivity index (χ0) is 26.0. The molecule has 0 saturated carbocycles. The number of carboxylic acid groups (broad SMARTS) is 1. The monoisotopic (exact) mass is 484 g/mol. The summed E-state index contributed by atoms with van der Waals surface area (Å²) in [6.45, 7) is 2.70. The maximum Gasteiger partial charge on any atom is 0.326 e. The number of rotatable bonds is 12. The number of aliphatic carboxylic acids is 1. The molecule has 0 heterocycles. The summed E-state index contributed by atoms with van der Waals surface area (Å²) in [5, 5.41) is 26.8. The minimum absolute atomic E-state index is 0.0220. The first-order chi connectivity index (χ1) is 16.6. The van der Waals surface area contributed by atoms with E-state index in [1.54, 1.807) is 30.3 Å². The van der Waals surface area contributed by atoms with E-state index in [1.165, 1.54) is 13.8 Å². The van der Waals surface area contributed by atoms with Gasteiger partial charge in [0.2, 0.25) is 17.7 Å². The quantitative estimate of drug-likeness (QED) is 0.241. The topological polar surface area (TPSA) is 171 Å². The Balaban J connectivity index is 1.96. The van der Waals surface area contributed by atoms with Crippen LogP contribution < -0.4 is 21.7 Å². The first kappa shape index (κ1) is 27.5. The van der Waals surface area contributed by atoms with Crippen LogP contribution in [0.15, 0.2) is 60.7 Å². The predicted octanol–water partition coefficient (Wildman–Crippen LogP) is -0.261. The highest BCUT2D eigenvalue weighted by Gasteiger charge is 2.31. The molecule has 2 aromatic rings. The second-order valence-electron chi connectivity index (χ2n) is 8.34. The highest BCUT2D eigenvalue weighted by Crippen LogP contribution is 2.06. The maximum atomic E-state index is 12.7. The first-order valence-corrected chi connectivity index (χ1v) is 11.2. The van der Waals surface area contributed by atoms with Gasteiger partial charge in [-0.25, -0.2) is 4.79 Å². The smallest absolute Gasteiger partial charge is 0.326 e. The first-order valence-electron chi connectivity index (χ1n) is 11.2. The number of amides is 3. The fourth-order valence-electron chi connectivity index (χ4n) is 3.34. The third-order valence-corrected chi connectivity index (χ3v) is 5.35. The third-order valence-electron chi connectivity index (χ3n) is 5.35. The van der Waals surface area contributed by atoms with Crippen LogP contribution in [-0.4, -0.2) is 64.2 Å². The highest BCUT2D eigenvalue weighted by atomic mass is 16.4. The van der Waals surface area contributed by atoms with Gasteiger partial charge in [0, 0.05) is 6.42 Å². The van der Waals surface area contributed by atoms with Crippen molar-refractivity contribution in [1.29, 1.82) is 0 Å². The van der Waals surface area contributed by atoms with Crippen molar-refractivity contribution < 1.29 is 29.4 Å². The summed E-state index contributed by atoms with van der Waals surface area (Å²) in [7, 11) is 0. The number of hydrogen-bond donors (Lipinski definition) is 6. The van der Waals surface area contributed by atoms with Crippen LogP contribution >= 0.6 is 0 Å². The van der Waals surface area contributed by atoms with Crippen molar-refractivity contribution in [3.8, 4) is 0 Å². The molecule has 10 heteroatoms. The summed E-state index contributed by atoms with van der Waals surface area (Å²) >= 11 is 0. The average molecular weight is 485 g/mol. The Hall–Kier alpha value is -3.76. The largest absolute Gasteiger partial charge is 0.480 e. The van der Waals surface area contributed by atoms with Crippen LogP contribution in [0.4, 0.5) is 0 Å². The van der Waals surface area contributed by atoms with E-state index in [2.05, 4.69) is 16.0 Å². The number of carbonyl (C=O) groups excluding carboxylic acids is 3. The molecule has 2 rings (SSSR count). The van der Waals surface area contributed by atoms with Gasteiger partial charge >= 0.3 is 5.97 Å². The SMILES string of the molecule is CC(NC(=O)C(N)Cc1ccccc1)C(=O)NC(C(=O)NC(Cc1ccccc1)C(=O)O)C(C)O. The van der Waals surface area contributed by atoms with Crippen molar-refractivity contribution in [3.63, 3.8) is 0 Å². The molecule has 3 amide bonds. The van der Waals surface area contributed by atoms with Crippen LogP contribution in [0.25, 0.3) is 0 Å². The van der Waals surface area contributed by atoms with Crippen molar-refractivity contribution in [2.75, 3.05) is 0 Å². The van der Waals surface area contributed by atoms with Gasteiger partial charge in [-0.2, -0.15) is 0 Å². The Kier molecular flexibility index (Phi) is 10.4. The number of benzene rings is 2. The molecule has 7 N–H and O–H groups in total. The molecule has 188 valence electrons. The maximum absolute atomic E-state index is 12.7. The molecule has 2 aromatic carbocycles. The summed E-state index contributed by atoms with van der Waals surface area (Å²) < 4.78 is 0. The molecule has 0 bridgehead atoms. The van der Waals surface area contributed by atoms with Crippen molar-refractivity contribution in [3.05, 3.63) is 71.8 Å². The average Bonchev–Trinajstić information content (AvgIpc) is 2.82. The van der Waals surface area contributed by atoms with Gasteiger partial charge in [-0.1, -0.05) is 60.7 Å². The molecule has 0 radical (unpaired) electrons. The molecule has 0 aliphatic heterocycles. The molecule has 0 spiro atoms. The van der Waals surface area contributed by atoms with Crippen LogP contribution in [0.5, 0.6) is 0 Å². The summed E-state index contributed by atoms with van der Waals surface area (Å²) in [6, 6.07) is 13.2. The van der Waals surface area contributed by atoms with Crippen molar-refractivity contribution in [2.45, 2.75) is 57.0 Å². The molecule has 5 unspecified atom stereocenters. The van der Waals surface area contributed by atoms with E-state index in [9.17, 15) is 29.4 Å². The Morgan fingerprint density at radius 1 is 0.771 bits per heavy atom. The molecule has 0 aliphatic rings. The van der Waals surface area contributed by atoms with E-state index in [0.717, 1.165) is 5.56 Å². The van der Waals surface area contributed by atoms with Crippen molar-refractivity contribution in [1.82, 2.24) is 16.0 Å². The second-order valence-corrected chi connectivity index (χ2v) is 8.34. The minimum atomic E-state index is -1.43. The summed E-state index contributed by atoms with van der Waals surface area (Å²) in [6.07, 6.45) is -1.03. The van der Waals surface area contributed by atoms with Crippen LogP contribution in [0.1, 0.15) is 25.0 Å². The molecule has 5 atom stereocenters. The number of carboxylic acids is 1. The van der Waals surface area contributed by atoms with Gasteiger partial charge in [-0.15, -0.1) is 0 Å². The molecule has 0 aromatic heterocycles. The van der Waals surface area contributed by atoms with Gasteiger partial charge in [0.25, 0.3) is 0 Å². The number of hydrogen-bond acceptors (Lipinski definition) is 6. The fraction of sp³-hybridized carbons (Fsp3) is 0.360. The van der Waals surface area contributed by atoms with Crippen molar-refractivity contribution >= 4 is 23.7 Å². The zero-order valence-corrected chi connectivity index (χ0v) is 19.7. The third kappa shape index (κ3) is 8.84. The molecular weight excluding hydrogens is 452 g/mol. The summed E-state index contributed by atoms with van der Waals surface area (Å²) in [5.74, 6) is -3.41. The van der Waals surface area contributed by atoms with Gasteiger partial charge in [-0.3, -0.25) is 14.4 Å². The molecule has 0 fully saturated rings. The normalized spacial score (nSPS) is 15.1. The highest BCUT2D eigenvalue weighted by molar-refractivity contribution is 5.94.